The van der Waals surface area contributed by atoms with Crippen molar-refractivity contribution >= 4 is 40.7 Å². The average molecular weight is 630 g/mol. The molecule has 9 heteroatoms. The summed E-state index contributed by atoms with van der Waals surface area (Å²) in [5.74, 6) is 0. The fourth-order valence-electron chi connectivity index (χ4n) is 3.44. The number of aromatic nitrogens is 2. The van der Waals surface area contributed by atoms with Crippen molar-refractivity contribution in [3.8, 4) is 5.69 Å². The van der Waals surface area contributed by atoms with Gasteiger partial charge in [0.2, 0.25) is 0 Å². The van der Waals surface area contributed by atoms with Crippen molar-refractivity contribution < 1.29 is 9.18 Å². The Morgan fingerprint density at radius 3 is 2.22 bits per heavy atom. The number of nitrogens with one attached hydrogen (secondary N) is 3. The van der Waals surface area contributed by atoms with E-state index in [9.17, 15) is 9.18 Å². The number of halogens is 2. The Morgan fingerprint density at radius 2 is 1.80 bits per heavy atom. The third-order valence-electron chi connectivity index (χ3n) is 5.57. The lowest BCUT2D eigenvalue weighted by Gasteiger charge is -2.09. The number of allylic oxidation sites excluding steroid dienone is 1. The number of para-hydroxylation sites is 1. The summed E-state index contributed by atoms with van der Waals surface area (Å²) in [7, 11) is 5.74. The van der Waals surface area contributed by atoms with E-state index in [1.54, 1.807) is 10.7 Å². The molecule has 0 saturated heterocycles. The molecule has 41 heavy (non-hydrogen) atoms. The third kappa shape index (κ3) is 13.7. The number of aryl methyl sites for hydroxylation is 2. The highest BCUT2D eigenvalue weighted by molar-refractivity contribution is 9.10. The van der Waals surface area contributed by atoms with Crippen molar-refractivity contribution in [1.82, 2.24) is 20.4 Å². The first-order valence-electron chi connectivity index (χ1n) is 13.3. The van der Waals surface area contributed by atoms with Crippen LogP contribution in [0.5, 0.6) is 0 Å². The van der Waals surface area contributed by atoms with Crippen molar-refractivity contribution in [2.75, 3.05) is 33.0 Å². The van der Waals surface area contributed by atoms with Crippen LogP contribution in [-0.4, -0.2) is 56.6 Å². The summed E-state index contributed by atoms with van der Waals surface area (Å²) in [6, 6.07) is 13.8. The highest BCUT2D eigenvalue weighted by Crippen LogP contribution is 2.26. The second-order valence-corrected chi connectivity index (χ2v) is 9.83. The number of alkyl halides is 1. The molecule has 3 aromatic rings. The van der Waals surface area contributed by atoms with Crippen LogP contribution in [0.15, 0.2) is 70.8 Å². The molecule has 224 valence electrons. The molecule has 0 fully saturated rings. The lowest BCUT2D eigenvalue weighted by atomic mass is 10.1. The number of benzene rings is 2. The maximum absolute atomic E-state index is 11.9. The van der Waals surface area contributed by atoms with Crippen molar-refractivity contribution in [3.63, 3.8) is 0 Å². The fourth-order valence-corrected chi connectivity index (χ4v) is 4.03. The molecule has 1 unspecified atom stereocenters. The van der Waals surface area contributed by atoms with Crippen LogP contribution >= 0.6 is 15.9 Å². The van der Waals surface area contributed by atoms with Gasteiger partial charge >= 0.3 is 0 Å². The number of anilines is 1. The summed E-state index contributed by atoms with van der Waals surface area (Å²) < 4.78 is 14.6. The second-order valence-electron chi connectivity index (χ2n) is 8.92. The van der Waals surface area contributed by atoms with E-state index in [-0.39, 0.29) is 5.70 Å². The van der Waals surface area contributed by atoms with Gasteiger partial charge in [-0.2, -0.15) is 5.10 Å². The van der Waals surface area contributed by atoms with E-state index in [4.69, 9.17) is 0 Å². The first-order chi connectivity index (χ1) is 19.5. The van der Waals surface area contributed by atoms with E-state index in [1.165, 1.54) is 18.9 Å². The zero-order chi connectivity index (χ0) is 31.4. The Hall–Kier alpha value is -3.40. The Morgan fingerprint density at radius 1 is 1.15 bits per heavy atom. The number of hydrogen-bond donors (Lipinski definition) is 3. The molecule has 0 spiro atoms. The highest BCUT2D eigenvalue weighted by atomic mass is 79.9. The minimum atomic E-state index is -1.06. The van der Waals surface area contributed by atoms with E-state index >= 15 is 0 Å². The van der Waals surface area contributed by atoms with Crippen LogP contribution < -0.4 is 16.0 Å². The second kappa shape index (κ2) is 21.4. The standard InChI is InChI=1S/C13H15N3O.C10H12BrN.C5H8FN.C4H11N/c1-10-5-3-4-6-13(10)16-12(9-17)7-11(15-16)8-14-2;1-4-8-6-9(11)5-7(2)10(8)12-3;1-4(6)5(2)7-3;1-3-4-5-2/h3-7,9,14H,8H2,1-2H3;4-6,12H,1H2,2-3H3;4H,2-3H2,1H3;5H,3-4H2,1-2H3. The first-order valence-corrected chi connectivity index (χ1v) is 14.1. The van der Waals surface area contributed by atoms with Gasteiger partial charge < -0.3 is 16.0 Å². The topological polar surface area (TPSA) is 83.3 Å². The van der Waals surface area contributed by atoms with Gasteiger partial charge in [0.1, 0.15) is 11.9 Å². The molecule has 3 N–H and O–H groups in total. The monoisotopic (exact) mass is 628 g/mol. The molecule has 3 rings (SSSR count). The number of nitrogens with zero attached hydrogens (tertiary/aromatic N) is 3. The SMILES string of the molecule is C=Cc1cc(Br)cc(C)c1NC.C=NC(=C)C(C)F.CCCNC.CNCc1cc(C=O)n(-c2ccccc2C)n1. The molecule has 7 nitrogen and oxygen atoms in total. The Labute approximate surface area is 254 Å². The summed E-state index contributed by atoms with van der Waals surface area (Å²) in [6.07, 6.45) is 2.86. The van der Waals surface area contributed by atoms with Crippen LogP contribution in [0.2, 0.25) is 0 Å². The fraction of sp³-hybridized carbons (Fsp3) is 0.344. The van der Waals surface area contributed by atoms with E-state index in [2.05, 4.69) is 81.8 Å². The van der Waals surface area contributed by atoms with Gasteiger partial charge in [-0.15, -0.1) is 0 Å². The minimum absolute atomic E-state index is 0.194. The van der Waals surface area contributed by atoms with Crippen molar-refractivity contribution in [2.24, 2.45) is 4.99 Å². The Balaban J connectivity index is 0.000000581. The molecular formula is C32H46BrFN6O. The number of aliphatic imine (C=N–C) groups is 1. The number of carbonyl (C=O) groups excluding carboxylic acids is 1. The van der Waals surface area contributed by atoms with Crippen LogP contribution in [0.4, 0.5) is 10.1 Å². The van der Waals surface area contributed by atoms with Crippen LogP contribution in [0.25, 0.3) is 11.8 Å². The van der Waals surface area contributed by atoms with E-state index in [0.29, 0.717) is 12.2 Å². The van der Waals surface area contributed by atoms with E-state index in [0.717, 1.165) is 45.5 Å². The molecule has 0 aliphatic heterocycles. The summed E-state index contributed by atoms with van der Waals surface area (Å²) in [5, 5.41) is 13.6. The molecule has 0 aliphatic carbocycles. The molecule has 1 aromatic heterocycles. The smallest absolute Gasteiger partial charge is 0.168 e. The summed E-state index contributed by atoms with van der Waals surface area (Å²) in [6.45, 7) is 19.5. The van der Waals surface area contributed by atoms with Crippen molar-refractivity contribution in [1.29, 1.82) is 0 Å². The van der Waals surface area contributed by atoms with Gasteiger partial charge in [0.25, 0.3) is 0 Å². The van der Waals surface area contributed by atoms with Gasteiger partial charge in [0.15, 0.2) is 6.29 Å². The molecule has 0 saturated carbocycles. The van der Waals surface area contributed by atoms with Crippen molar-refractivity contribution in [3.05, 3.63) is 93.9 Å². The number of rotatable bonds is 10. The van der Waals surface area contributed by atoms with Gasteiger partial charge in [0, 0.05) is 23.8 Å². The summed E-state index contributed by atoms with van der Waals surface area (Å²) in [5.41, 5.74) is 7.16. The van der Waals surface area contributed by atoms with Crippen LogP contribution in [0.1, 0.15) is 53.1 Å². The average Bonchev–Trinajstić information content (AvgIpc) is 3.36. The van der Waals surface area contributed by atoms with E-state index in [1.807, 2.05) is 64.5 Å². The van der Waals surface area contributed by atoms with Crippen LogP contribution in [-0.2, 0) is 6.54 Å². The predicted octanol–water partition coefficient (Wildman–Crippen LogP) is 7.33. The third-order valence-corrected chi connectivity index (χ3v) is 6.03. The molecule has 0 radical (unpaired) electrons. The lowest BCUT2D eigenvalue weighted by molar-refractivity contribution is 0.111. The Kier molecular flexibility index (Phi) is 19.6. The molecule has 0 bridgehead atoms. The van der Waals surface area contributed by atoms with Crippen molar-refractivity contribution in [2.45, 2.75) is 46.8 Å². The minimum Gasteiger partial charge on any atom is -0.387 e. The molecule has 2 aromatic carbocycles. The normalized spacial score (nSPS) is 10.4. The predicted molar refractivity (Wildman–Crippen MR) is 178 cm³/mol. The molecule has 1 atom stereocenters. The molecular weight excluding hydrogens is 583 g/mol. The quantitative estimate of drug-likeness (QED) is 0.162. The maximum atomic E-state index is 11.9. The molecule has 1 heterocycles. The van der Waals surface area contributed by atoms with Gasteiger partial charge in [-0.1, -0.05) is 60.3 Å². The molecule has 0 amide bonds. The first kappa shape index (κ1) is 37.6. The highest BCUT2D eigenvalue weighted by Gasteiger charge is 2.10. The zero-order valence-electron chi connectivity index (χ0n) is 25.5. The molecule has 0 aliphatic rings. The zero-order valence-corrected chi connectivity index (χ0v) is 27.1. The lowest BCUT2D eigenvalue weighted by Crippen LogP contribution is -2.07. The van der Waals surface area contributed by atoms with Gasteiger partial charge in [0.05, 0.1) is 17.1 Å². The van der Waals surface area contributed by atoms with Gasteiger partial charge in [-0.3, -0.25) is 9.79 Å². The summed E-state index contributed by atoms with van der Waals surface area (Å²) >= 11 is 3.44. The number of hydrogen-bond acceptors (Lipinski definition) is 6. The van der Waals surface area contributed by atoms with Crippen LogP contribution in [0.3, 0.4) is 0 Å². The maximum Gasteiger partial charge on any atom is 0.168 e. The number of aldehydes is 1. The Bertz CT molecular complexity index is 1240. The summed E-state index contributed by atoms with van der Waals surface area (Å²) in [4.78, 5) is 14.3. The van der Waals surface area contributed by atoms with Gasteiger partial charge in [-0.05, 0) is 95.5 Å². The van der Waals surface area contributed by atoms with Crippen LogP contribution in [0, 0.1) is 13.8 Å². The van der Waals surface area contributed by atoms with Gasteiger partial charge in [-0.25, -0.2) is 9.07 Å². The number of carbonyl (C=O) groups is 1. The van der Waals surface area contributed by atoms with E-state index < -0.39 is 6.17 Å². The largest absolute Gasteiger partial charge is 0.387 e.